The van der Waals surface area contributed by atoms with Gasteiger partial charge in [0.15, 0.2) is 0 Å². The zero-order valence-corrected chi connectivity index (χ0v) is 12.7. The number of rotatable bonds is 7. The largest absolute Gasteiger partial charge is 0.395 e. The highest BCUT2D eigenvalue weighted by atomic mass is 79.9. The molecule has 1 aromatic rings. The molecule has 0 unspecified atom stereocenters. The highest BCUT2D eigenvalue weighted by Crippen LogP contribution is 2.34. The number of nitrogens with one attached hydrogen (secondary N) is 1. The van der Waals surface area contributed by atoms with Crippen molar-refractivity contribution in [3.8, 4) is 0 Å². The molecule has 0 aromatic heterocycles. The lowest BCUT2D eigenvalue weighted by Gasteiger charge is -2.26. The van der Waals surface area contributed by atoms with E-state index in [-0.39, 0.29) is 6.61 Å². The number of anilines is 1. The first-order valence-corrected chi connectivity index (χ1v) is 7.96. The number of hydrogen-bond donors (Lipinski definition) is 2. The van der Waals surface area contributed by atoms with Crippen molar-refractivity contribution in [1.82, 2.24) is 5.32 Å². The van der Waals surface area contributed by atoms with Crippen LogP contribution in [0, 0.1) is 0 Å². The molecule has 0 spiro atoms. The van der Waals surface area contributed by atoms with Crippen LogP contribution in [-0.2, 0) is 6.54 Å². The summed E-state index contributed by atoms with van der Waals surface area (Å²) in [6, 6.07) is 7.84. The van der Waals surface area contributed by atoms with Crippen LogP contribution in [0.1, 0.15) is 31.2 Å². The number of benzene rings is 1. The monoisotopic (exact) mass is 324 g/mol. The van der Waals surface area contributed by atoms with Crippen LogP contribution < -0.4 is 10.2 Å². The molecule has 0 amide bonds. The van der Waals surface area contributed by atoms with E-state index < -0.39 is 0 Å². The van der Waals surface area contributed by atoms with Gasteiger partial charge in [-0.2, -0.15) is 0 Å². The number of aliphatic hydroxyl groups is 1. The molecular formula is C15H21BrN2O. The van der Waals surface area contributed by atoms with Crippen molar-refractivity contribution in [2.24, 2.45) is 0 Å². The Morgan fingerprint density at radius 1 is 1.26 bits per heavy atom. The third-order valence-corrected chi connectivity index (χ3v) is 4.33. The second-order valence-electron chi connectivity index (χ2n) is 5.58. The maximum Gasteiger partial charge on any atom is 0.0606 e. The van der Waals surface area contributed by atoms with Gasteiger partial charge in [0.25, 0.3) is 0 Å². The van der Waals surface area contributed by atoms with E-state index in [0.29, 0.717) is 6.04 Å². The van der Waals surface area contributed by atoms with Gasteiger partial charge in [0.1, 0.15) is 0 Å². The molecule has 104 valence electrons. The SMILES string of the molecule is OCCN(c1ccc(Br)cc1CNC1CC1)C1CC1. The molecule has 0 radical (unpaired) electrons. The Labute approximate surface area is 123 Å². The number of nitrogens with zero attached hydrogens (tertiary/aromatic N) is 1. The fraction of sp³-hybridized carbons (Fsp3) is 0.600. The standard InChI is InChI=1S/C15H21BrN2O/c16-12-1-6-15(18(7-8-19)14-4-5-14)11(9-12)10-17-13-2-3-13/h1,6,9,13-14,17,19H,2-5,7-8,10H2. The van der Waals surface area contributed by atoms with Crippen molar-refractivity contribution in [1.29, 1.82) is 0 Å². The fourth-order valence-electron chi connectivity index (χ4n) is 2.51. The van der Waals surface area contributed by atoms with Gasteiger partial charge in [-0.25, -0.2) is 0 Å². The van der Waals surface area contributed by atoms with Gasteiger partial charge in [-0.1, -0.05) is 15.9 Å². The van der Waals surface area contributed by atoms with E-state index in [0.717, 1.165) is 23.6 Å². The Morgan fingerprint density at radius 2 is 2.05 bits per heavy atom. The second kappa shape index (κ2) is 5.81. The summed E-state index contributed by atoms with van der Waals surface area (Å²) < 4.78 is 1.13. The molecule has 4 heteroatoms. The summed E-state index contributed by atoms with van der Waals surface area (Å²) in [6.45, 7) is 1.89. The van der Waals surface area contributed by atoms with Crippen LogP contribution in [-0.4, -0.2) is 30.3 Å². The molecule has 3 rings (SSSR count). The summed E-state index contributed by atoms with van der Waals surface area (Å²) in [5.74, 6) is 0. The molecule has 2 saturated carbocycles. The van der Waals surface area contributed by atoms with Gasteiger partial charge in [0.05, 0.1) is 6.61 Å². The summed E-state index contributed by atoms with van der Waals surface area (Å²) in [5.41, 5.74) is 2.62. The molecular weight excluding hydrogens is 304 g/mol. The molecule has 0 atom stereocenters. The minimum atomic E-state index is 0.224. The van der Waals surface area contributed by atoms with Crippen LogP contribution >= 0.6 is 15.9 Å². The molecule has 2 aliphatic rings. The first-order valence-electron chi connectivity index (χ1n) is 7.17. The quantitative estimate of drug-likeness (QED) is 0.809. The lowest BCUT2D eigenvalue weighted by molar-refractivity contribution is 0.301. The van der Waals surface area contributed by atoms with Crippen molar-refractivity contribution < 1.29 is 5.11 Å². The number of halogens is 1. The van der Waals surface area contributed by atoms with Crippen LogP contribution in [0.15, 0.2) is 22.7 Å². The summed E-state index contributed by atoms with van der Waals surface area (Å²) in [5, 5.41) is 12.9. The molecule has 2 N–H and O–H groups in total. The zero-order valence-electron chi connectivity index (χ0n) is 11.1. The summed E-state index contributed by atoms with van der Waals surface area (Å²) in [6.07, 6.45) is 5.13. The van der Waals surface area contributed by atoms with Gasteiger partial charge in [0.2, 0.25) is 0 Å². The third kappa shape index (κ3) is 3.50. The number of aliphatic hydroxyl groups excluding tert-OH is 1. The van der Waals surface area contributed by atoms with Crippen LogP contribution in [0.2, 0.25) is 0 Å². The average molecular weight is 325 g/mol. The molecule has 1 aromatic carbocycles. The molecule has 0 bridgehead atoms. The van der Waals surface area contributed by atoms with Crippen LogP contribution in [0.25, 0.3) is 0 Å². The number of hydrogen-bond acceptors (Lipinski definition) is 3. The summed E-state index contributed by atoms with van der Waals surface area (Å²) >= 11 is 3.56. The summed E-state index contributed by atoms with van der Waals surface area (Å²) in [7, 11) is 0. The van der Waals surface area contributed by atoms with E-state index in [2.05, 4.69) is 44.3 Å². The molecule has 0 heterocycles. The molecule has 2 fully saturated rings. The highest BCUT2D eigenvalue weighted by Gasteiger charge is 2.30. The van der Waals surface area contributed by atoms with E-state index in [4.69, 9.17) is 0 Å². The third-order valence-electron chi connectivity index (χ3n) is 3.84. The predicted molar refractivity (Wildman–Crippen MR) is 81.5 cm³/mol. The lowest BCUT2D eigenvalue weighted by atomic mass is 10.1. The normalized spacial score (nSPS) is 18.6. The van der Waals surface area contributed by atoms with Crippen molar-refractivity contribution in [3.63, 3.8) is 0 Å². The molecule has 0 aliphatic heterocycles. The molecule has 0 saturated heterocycles. The van der Waals surface area contributed by atoms with Crippen molar-refractivity contribution in [3.05, 3.63) is 28.2 Å². The van der Waals surface area contributed by atoms with Gasteiger partial charge >= 0.3 is 0 Å². The van der Waals surface area contributed by atoms with Gasteiger partial charge < -0.3 is 15.3 Å². The van der Waals surface area contributed by atoms with Crippen molar-refractivity contribution in [2.45, 2.75) is 44.3 Å². The first-order chi connectivity index (χ1) is 9.28. The summed E-state index contributed by atoms with van der Waals surface area (Å²) in [4.78, 5) is 2.37. The first kappa shape index (κ1) is 13.4. The Kier molecular flexibility index (Phi) is 4.10. The Hall–Kier alpha value is -0.580. The minimum absolute atomic E-state index is 0.224. The molecule has 3 nitrogen and oxygen atoms in total. The van der Waals surface area contributed by atoms with E-state index in [1.807, 2.05) is 0 Å². The maximum absolute atomic E-state index is 9.28. The second-order valence-corrected chi connectivity index (χ2v) is 6.49. The van der Waals surface area contributed by atoms with E-state index in [9.17, 15) is 5.11 Å². The minimum Gasteiger partial charge on any atom is -0.395 e. The predicted octanol–water partition coefficient (Wildman–Crippen LogP) is 2.66. The fourth-order valence-corrected chi connectivity index (χ4v) is 2.92. The van der Waals surface area contributed by atoms with Crippen LogP contribution in [0.5, 0.6) is 0 Å². The van der Waals surface area contributed by atoms with Gasteiger partial charge in [-0.15, -0.1) is 0 Å². The topological polar surface area (TPSA) is 35.5 Å². The Bertz CT molecular complexity index is 444. The lowest BCUT2D eigenvalue weighted by Crippen LogP contribution is -2.30. The maximum atomic E-state index is 9.28. The van der Waals surface area contributed by atoms with E-state index in [1.165, 1.54) is 36.9 Å². The molecule has 19 heavy (non-hydrogen) atoms. The zero-order chi connectivity index (χ0) is 13.2. The average Bonchev–Trinajstić information content (AvgIpc) is 3.28. The highest BCUT2D eigenvalue weighted by molar-refractivity contribution is 9.10. The Balaban J connectivity index is 1.79. The van der Waals surface area contributed by atoms with E-state index in [1.54, 1.807) is 0 Å². The van der Waals surface area contributed by atoms with Gasteiger partial charge in [-0.05, 0) is 49.4 Å². The van der Waals surface area contributed by atoms with Crippen molar-refractivity contribution >= 4 is 21.6 Å². The smallest absolute Gasteiger partial charge is 0.0606 e. The molecule has 2 aliphatic carbocycles. The Morgan fingerprint density at radius 3 is 2.68 bits per heavy atom. The van der Waals surface area contributed by atoms with Crippen LogP contribution in [0.3, 0.4) is 0 Å². The van der Waals surface area contributed by atoms with E-state index >= 15 is 0 Å². The van der Waals surface area contributed by atoms with Crippen molar-refractivity contribution in [2.75, 3.05) is 18.1 Å². The van der Waals surface area contributed by atoms with Crippen LogP contribution in [0.4, 0.5) is 5.69 Å². The van der Waals surface area contributed by atoms with Gasteiger partial charge in [-0.3, -0.25) is 0 Å². The van der Waals surface area contributed by atoms with Gasteiger partial charge in [0, 0.05) is 35.3 Å².